The van der Waals surface area contributed by atoms with Gasteiger partial charge in [-0.3, -0.25) is 4.79 Å². The monoisotopic (exact) mass is 330 g/mol. The molecule has 0 spiro atoms. The number of hydrogen-bond acceptors (Lipinski definition) is 3. The second kappa shape index (κ2) is 8.08. The fraction of sp³-hybridized carbons (Fsp3) is 0.467. The molecule has 7 heteroatoms. The highest BCUT2D eigenvalue weighted by Crippen LogP contribution is 2.32. The molecule has 3 nitrogen and oxygen atoms in total. The first-order valence-electron chi connectivity index (χ1n) is 6.67. The van der Waals surface area contributed by atoms with E-state index in [1.807, 2.05) is 19.9 Å². The largest absolute Gasteiger partial charge is 0.416 e. The zero-order chi connectivity index (χ0) is 16.8. The summed E-state index contributed by atoms with van der Waals surface area (Å²) in [5.74, 6) is -0.0521. The number of hydrogen-bond donors (Lipinski definition) is 1. The van der Waals surface area contributed by atoms with Gasteiger partial charge in [0, 0.05) is 0 Å². The molecule has 1 amide bonds. The molecule has 1 rings (SSSR count). The number of thioether (sulfide) groups is 1. The molecular formula is C15H17F3N2OS. The summed E-state index contributed by atoms with van der Waals surface area (Å²) < 4.78 is 38.3. The van der Waals surface area contributed by atoms with Crippen LogP contribution in [0.2, 0.25) is 0 Å². The topological polar surface area (TPSA) is 52.9 Å². The average molecular weight is 330 g/mol. The molecule has 0 aromatic heterocycles. The number of nitriles is 1. The second-order valence-corrected chi connectivity index (χ2v) is 6.05. The average Bonchev–Trinajstić information content (AvgIpc) is 2.44. The van der Waals surface area contributed by atoms with Crippen LogP contribution in [0, 0.1) is 17.2 Å². The van der Waals surface area contributed by atoms with Crippen molar-refractivity contribution in [1.82, 2.24) is 5.32 Å². The maximum absolute atomic E-state index is 12.8. The lowest BCUT2D eigenvalue weighted by Crippen LogP contribution is -2.33. The van der Waals surface area contributed by atoms with Crippen molar-refractivity contribution >= 4 is 17.7 Å². The Balaban J connectivity index is 2.88. The smallest absolute Gasteiger partial charge is 0.348 e. The third-order valence-electron chi connectivity index (χ3n) is 2.96. The quantitative estimate of drug-likeness (QED) is 0.808. The van der Waals surface area contributed by atoms with Crippen molar-refractivity contribution in [1.29, 1.82) is 5.26 Å². The first kappa shape index (κ1) is 18.4. The molecule has 0 heterocycles. The molecule has 0 bridgehead atoms. The van der Waals surface area contributed by atoms with Crippen LogP contribution in [0.25, 0.3) is 0 Å². The van der Waals surface area contributed by atoms with Crippen LogP contribution in [0.5, 0.6) is 0 Å². The van der Waals surface area contributed by atoms with Gasteiger partial charge < -0.3 is 5.32 Å². The van der Waals surface area contributed by atoms with E-state index in [-0.39, 0.29) is 23.3 Å². The number of halogens is 3. The minimum absolute atomic E-state index is 0.0617. The summed E-state index contributed by atoms with van der Waals surface area (Å²) in [5.41, 5.74) is -0.313. The van der Waals surface area contributed by atoms with Crippen LogP contribution >= 0.6 is 11.8 Å². The van der Waals surface area contributed by atoms with E-state index in [4.69, 9.17) is 5.26 Å². The Morgan fingerprint density at radius 1 is 1.41 bits per heavy atom. The number of nitrogens with zero attached hydrogens (tertiary/aromatic N) is 1. The summed E-state index contributed by atoms with van der Waals surface area (Å²) in [4.78, 5) is 11.8. The Bertz CT molecular complexity index is 552. The molecular weight excluding hydrogens is 313 g/mol. The zero-order valence-corrected chi connectivity index (χ0v) is 13.1. The van der Waals surface area contributed by atoms with Crippen molar-refractivity contribution in [2.24, 2.45) is 5.92 Å². The molecule has 22 heavy (non-hydrogen) atoms. The van der Waals surface area contributed by atoms with Gasteiger partial charge in [-0.05, 0) is 23.6 Å². The van der Waals surface area contributed by atoms with Gasteiger partial charge in [-0.2, -0.15) is 18.4 Å². The molecule has 0 radical (unpaired) electrons. The maximum atomic E-state index is 12.8. The van der Waals surface area contributed by atoms with Crippen LogP contribution in [0.3, 0.4) is 0 Å². The van der Waals surface area contributed by atoms with E-state index < -0.39 is 17.8 Å². The predicted molar refractivity (Wildman–Crippen MR) is 80.1 cm³/mol. The highest BCUT2D eigenvalue weighted by atomic mass is 32.2. The third kappa shape index (κ3) is 5.60. The van der Waals surface area contributed by atoms with E-state index in [0.717, 1.165) is 23.9 Å². The molecule has 1 N–H and O–H groups in total. The van der Waals surface area contributed by atoms with Gasteiger partial charge in [-0.15, -0.1) is 11.8 Å². The first-order chi connectivity index (χ1) is 10.3. The first-order valence-corrected chi connectivity index (χ1v) is 7.82. The van der Waals surface area contributed by atoms with E-state index in [1.54, 1.807) is 6.07 Å². The van der Waals surface area contributed by atoms with Crippen molar-refractivity contribution in [2.45, 2.75) is 26.1 Å². The molecule has 1 atom stereocenters. The van der Waals surface area contributed by atoms with Crippen LogP contribution in [0.15, 0.2) is 24.3 Å². The number of benzene rings is 1. The molecule has 1 aromatic rings. The van der Waals surface area contributed by atoms with Gasteiger partial charge in [-0.25, -0.2) is 0 Å². The Labute approximate surface area is 131 Å². The van der Waals surface area contributed by atoms with Crippen molar-refractivity contribution in [3.05, 3.63) is 35.4 Å². The number of carbonyl (C=O) groups excluding carboxylic acids is 1. The molecule has 0 aliphatic rings. The van der Waals surface area contributed by atoms with Crippen LogP contribution in [-0.4, -0.2) is 17.4 Å². The van der Waals surface area contributed by atoms with Gasteiger partial charge in [0.1, 0.15) is 0 Å². The Morgan fingerprint density at radius 3 is 2.64 bits per heavy atom. The van der Waals surface area contributed by atoms with Gasteiger partial charge >= 0.3 is 6.18 Å². The third-order valence-corrected chi connectivity index (χ3v) is 3.76. The Hall–Kier alpha value is -1.68. The van der Waals surface area contributed by atoms with E-state index in [9.17, 15) is 18.0 Å². The fourth-order valence-corrected chi connectivity index (χ4v) is 2.41. The van der Waals surface area contributed by atoms with E-state index in [1.165, 1.54) is 6.07 Å². The van der Waals surface area contributed by atoms with Gasteiger partial charge in [0.15, 0.2) is 0 Å². The summed E-state index contributed by atoms with van der Waals surface area (Å²) in [7, 11) is 0. The minimum atomic E-state index is -4.41. The molecule has 0 fully saturated rings. The predicted octanol–water partition coefficient (Wildman–Crippen LogP) is 3.78. The summed E-state index contributed by atoms with van der Waals surface area (Å²) in [6.07, 6.45) is -4.41. The molecule has 1 aromatic carbocycles. The SMILES string of the molecule is CC(C)[C@@H](NC(=O)CSCC#N)c1cccc(C(F)(F)F)c1. The molecule has 0 aliphatic carbocycles. The number of carbonyl (C=O) groups is 1. The van der Waals surface area contributed by atoms with E-state index in [2.05, 4.69) is 5.32 Å². The number of amides is 1. The van der Waals surface area contributed by atoms with Gasteiger partial charge in [-0.1, -0.05) is 26.0 Å². The summed E-state index contributed by atoms with van der Waals surface area (Å²) in [6.45, 7) is 3.65. The van der Waals surface area contributed by atoms with Crippen LogP contribution in [0.4, 0.5) is 13.2 Å². The van der Waals surface area contributed by atoms with E-state index in [0.29, 0.717) is 5.56 Å². The standard InChI is InChI=1S/C15H17F3N2OS/c1-10(2)14(20-13(21)9-22-7-6-19)11-4-3-5-12(8-11)15(16,17)18/h3-5,8,10,14H,7,9H2,1-2H3,(H,20,21)/t14-/m1/s1. The summed E-state index contributed by atoms with van der Waals surface area (Å²) in [5, 5.41) is 11.2. The van der Waals surface area contributed by atoms with Gasteiger partial charge in [0.25, 0.3) is 0 Å². The number of nitrogens with one attached hydrogen (secondary N) is 1. The van der Waals surface area contributed by atoms with Crippen LogP contribution in [0.1, 0.15) is 31.0 Å². The molecule has 120 valence electrons. The maximum Gasteiger partial charge on any atom is 0.416 e. The normalized spacial score (nSPS) is 12.8. The van der Waals surface area contributed by atoms with Crippen LogP contribution in [-0.2, 0) is 11.0 Å². The molecule has 0 saturated carbocycles. The second-order valence-electron chi connectivity index (χ2n) is 5.06. The lowest BCUT2D eigenvalue weighted by Gasteiger charge is -2.23. The molecule has 0 unspecified atom stereocenters. The van der Waals surface area contributed by atoms with E-state index >= 15 is 0 Å². The number of alkyl halides is 3. The van der Waals surface area contributed by atoms with Gasteiger partial charge in [0.2, 0.25) is 5.91 Å². The summed E-state index contributed by atoms with van der Waals surface area (Å²) >= 11 is 1.16. The molecule has 0 aliphatic heterocycles. The van der Waals surface area contributed by atoms with Crippen LogP contribution < -0.4 is 5.32 Å². The van der Waals surface area contributed by atoms with Crippen molar-refractivity contribution in [3.8, 4) is 6.07 Å². The van der Waals surface area contributed by atoms with Crippen molar-refractivity contribution < 1.29 is 18.0 Å². The Kier molecular flexibility index (Phi) is 6.75. The summed E-state index contributed by atoms with van der Waals surface area (Å²) in [6, 6.07) is 6.39. The number of rotatable bonds is 6. The molecule has 0 saturated heterocycles. The highest BCUT2D eigenvalue weighted by molar-refractivity contribution is 8.00. The van der Waals surface area contributed by atoms with Gasteiger partial charge in [0.05, 0.1) is 29.2 Å². The highest BCUT2D eigenvalue weighted by Gasteiger charge is 2.31. The lowest BCUT2D eigenvalue weighted by atomic mass is 9.94. The lowest BCUT2D eigenvalue weighted by molar-refractivity contribution is -0.137. The fourth-order valence-electron chi connectivity index (χ4n) is 1.95. The minimum Gasteiger partial charge on any atom is -0.348 e. The zero-order valence-electron chi connectivity index (χ0n) is 12.3. The van der Waals surface area contributed by atoms with Crippen molar-refractivity contribution in [3.63, 3.8) is 0 Å². The van der Waals surface area contributed by atoms with Crippen molar-refractivity contribution in [2.75, 3.05) is 11.5 Å². The Morgan fingerprint density at radius 2 is 2.09 bits per heavy atom.